The van der Waals surface area contributed by atoms with Gasteiger partial charge in [0.05, 0.1) is 50.0 Å². The Kier molecular flexibility index (Phi) is 8.93. The average Bonchev–Trinajstić information content (AvgIpc) is 2.99. The van der Waals surface area contributed by atoms with Crippen LogP contribution in [0.2, 0.25) is 0 Å². The second kappa shape index (κ2) is 12.8. The Bertz CT molecular complexity index is 1420. The van der Waals surface area contributed by atoms with Crippen molar-refractivity contribution in [2.45, 2.75) is 31.5 Å². The number of aromatic nitrogens is 2. The topological polar surface area (TPSA) is 127 Å². The van der Waals surface area contributed by atoms with E-state index in [0.29, 0.717) is 52.0 Å². The van der Waals surface area contributed by atoms with E-state index in [1.165, 1.54) is 21.4 Å². The number of carbonyl (C=O) groups is 1. The molecule has 3 aromatic rings. The van der Waals surface area contributed by atoms with Gasteiger partial charge in [0.1, 0.15) is 12.4 Å². The summed E-state index contributed by atoms with van der Waals surface area (Å²) in [6, 6.07) is 16.8. The number of morpholine rings is 1. The Morgan fingerprint density at radius 1 is 1.15 bits per heavy atom. The third-order valence-electron chi connectivity index (χ3n) is 7.90. The molecule has 2 N–H and O–H groups in total. The van der Waals surface area contributed by atoms with Crippen LogP contribution >= 0.6 is 12.4 Å². The normalized spacial score (nSPS) is 20.6. The molecule has 1 amide bonds. The van der Waals surface area contributed by atoms with Crippen LogP contribution in [0, 0.1) is 11.3 Å². The molecule has 2 aromatic carbocycles. The summed E-state index contributed by atoms with van der Waals surface area (Å²) in [5.74, 6) is 0.776. The fourth-order valence-electron chi connectivity index (χ4n) is 5.89. The van der Waals surface area contributed by atoms with E-state index in [2.05, 4.69) is 63.7 Å². The monoisotopic (exact) mass is 579 g/mol. The molecule has 11 nitrogen and oxygen atoms in total. The van der Waals surface area contributed by atoms with Gasteiger partial charge >= 0.3 is 12.1 Å². The number of nitrogens with one attached hydrogen (secondary N) is 1. The van der Waals surface area contributed by atoms with Crippen LogP contribution in [0.4, 0.5) is 16.3 Å². The maximum absolute atomic E-state index is 11.8. The van der Waals surface area contributed by atoms with Crippen LogP contribution in [0.15, 0.2) is 42.5 Å². The van der Waals surface area contributed by atoms with Gasteiger partial charge < -0.3 is 34.6 Å². The van der Waals surface area contributed by atoms with Crippen molar-refractivity contribution >= 4 is 40.8 Å². The van der Waals surface area contributed by atoms with E-state index in [-0.39, 0.29) is 24.9 Å². The predicted octanol–water partition coefficient (Wildman–Crippen LogP) is 3.06. The number of halogens is 1. The highest BCUT2D eigenvalue weighted by Gasteiger charge is 2.34. The maximum atomic E-state index is 11.8. The molecule has 41 heavy (non-hydrogen) atoms. The summed E-state index contributed by atoms with van der Waals surface area (Å²) < 4.78 is 11.7. The van der Waals surface area contributed by atoms with Gasteiger partial charge in [-0.1, -0.05) is 36.4 Å². The van der Waals surface area contributed by atoms with E-state index in [1.54, 1.807) is 0 Å². The number of rotatable bonds is 6. The minimum absolute atomic E-state index is 0. The summed E-state index contributed by atoms with van der Waals surface area (Å²) >= 11 is 0. The number of nitriles is 1. The predicted molar refractivity (Wildman–Crippen MR) is 157 cm³/mol. The van der Waals surface area contributed by atoms with Crippen molar-refractivity contribution in [3.63, 3.8) is 0 Å². The van der Waals surface area contributed by atoms with Gasteiger partial charge in [0, 0.05) is 49.4 Å². The summed E-state index contributed by atoms with van der Waals surface area (Å²) in [6.45, 7) is 5.02. The number of nitrogens with zero attached hydrogens (tertiary/aromatic N) is 6. The fraction of sp³-hybridized carbons (Fsp3) is 0.448. The molecule has 2 fully saturated rings. The first-order chi connectivity index (χ1) is 19.6. The SMILES string of the molecule is Cl.N#CCC1CN(c2nc(OCC3COCCN3)nc3c2CCN(c2cccc4ccccc24)C3)CCN1C(=O)O. The molecule has 216 valence electrons. The molecule has 2 unspecified atom stereocenters. The molecule has 0 radical (unpaired) electrons. The summed E-state index contributed by atoms with van der Waals surface area (Å²) in [4.78, 5) is 27.4. The van der Waals surface area contributed by atoms with Crippen molar-refractivity contribution in [1.29, 1.82) is 5.26 Å². The number of benzene rings is 2. The third-order valence-corrected chi connectivity index (χ3v) is 7.90. The minimum Gasteiger partial charge on any atom is -0.465 e. The molecule has 0 bridgehead atoms. The van der Waals surface area contributed by atoms with Crippen LogP contribution in [0.1, 0.15) is 17.7 Å². The number of hydrogen-bond donors (Lipinski definition) is 2. The average molecular weight is 580 g/mol. The zero-order chi connectivity index (χ0) is 27.5. The van der Waals surface area contributed by atoms with Crippen LogP contribution in [0.5, 0.6) is 6.01 Å². The van der Waals surface area contributed by atoms with Gasteiger partial charge in [0.2, 0.25) is 0 Å². The number of carboxylic acid groups (broad SMARTS) is 1. The molecular weight excluding hydrogens is 546 g/mol. The Labute approximate surface area is 245 Å². The number of piperazine rings is 1. The molecular formula is C29H34ClN7O4. The lowest BCUT2D eigenvalue weighted by atomic mass is 10.0. The molecule has 1 aromatic heterocycles. The molecule has 0 spiro atoms. The largest absolute Gasteiger partial charge is 0.465 e. The second-order valence-electron chi connectivity index (χ2n) is 10.4. The zero-order valence-corrected chi connectivity index (χ0v) is 23.6. The highest BCUT2D eigenvalue weighted by atomic mass is 35.5. The van der Waals surface area contributed by atoms with E-state index in [9.17, 15) is 15.2 Å². The standard InChI is InChI=1S/C29H33N7O4.ClH/c30-10-8-22-16-35(13-14-36(22)29(37)38)27-24-9-12-34(26-7-3-5-20-4-1-2-6-23(20)26)17-25(24)32-28(33-27)40-19-21-18-39-15-11-31-21;/h1-7,21-22,31H,8-9,11-19H2,(H,37,38);1H. The quantitative estimate of drug-likeness (QED) is 0.450. The number of ether oxygens (including phenoxy) is 2. The molecule has 6 rings (SSSR count). The molecule has 0 saturated carbocycles. The van der Waals surface area contributed by atoms with Crippen LogP contribution in [0.25, 0.3) is 10.8 Å². The highest BCUT2D eigenvalue weighted by molar-refractivity contribution is 5.94. The minimum atomic E-state index is -0.999. The Morgan fingerprint density at radius 3 is 2.80 bits per heavy atom. The van der Waals surface area contributed by atoms with E-state index >= 15 is 0 Å². The van der Waals surface area contributed by atoms with E-state index in [1.807, 2.05) is 0 Å². The van der Waals surface area contributed by atoms with Gasteiger partial charge in [-0.15, -0.1) is 12.4 Å². The van der Waals surface area contributed by atoms with Crippen molar-refractivity contribution in [3.8, 4) is 12.1 Å². The van der Waals surface area contributed by atoms with Gasteiger partial charge in [0.15, 0.2) is 0 Å². The Morgan fingerprint density at radius 2 is 2.00 bits per heavy atom. The highest BCUT2D eigenvalue weighted by Crippen LogP contribution is 2.34. The second-order valence-corrected chi connectivity index (χ2v) is 10.4. The van der Waals surface area contributed by atoms with E-state index in [0.717, 1.165) is 36.6 Å². The van der Waals surface area contributed by atoms with Crippen LogP contribution < -0.4 is 19.9 Å². The zero-order valence-electron chi connectivity index (χ0n) is 22.7. The van der Waals surface area contributed by atoms with Gasteiger partial charge in [-0.2, -0.15) is 15.2 Å². The molecule has 3 aliphatic rings. The Hall–Kier alpha value is -3.85. The first kappa shape index (κ1) is 28.7. The maximum Gasteiger partial charge on any atom is 0.407 e. The van der Waals surface area contributed by atoms with Crippen molar-refractivity contribution in [2.75, 3.05) is 62.3 Å². The number of amides is 1. The van der Waals surface area contributed by atoms with Gasteiger partial charge in [-0.3, -0.25) is 0 Å². The number of anilines is 2. The first-order valence-corrected chi connectivity index (χ1v) is 13.8. The lowest BCUT2D eigenvalue weighted by Crippen LogP contribution is -2.55. The molecule has 3 aliphatic heterocycles. The van der Waals surface area contributed by atoms with Crippen molar-refractivity contribution < 1.29 is 19.4 Å². The molecule has 2 saturated heterocycles. The first-order valence-electron chi connectivity index (χ1n) is 13.8. The number of hydrogen-bond acceptors (Lipinski definition) is 9. The summed E-state index contributed by atoms with van der Waals surface area (Å²) in [6.07, 6.45) is -0.128. The lowest BCUT2D eigenvalue weighted by molar-refractivity contribution is 0.0576. The van der Waals surface area contributed by atoms with Crippen LogP contribution in [0.3, 0.4) is 0 Å². The van der Waals surface area contributed by atoms with Gasteiger partial charge in [0.25, 0.3) is 0 Å². The van der Waals surface area contributed by atoms with E-state index in [4.69, 9.17) is 19.4 Å². The summed E-state index contributed by atoms with van der Waals surface area (Å²) in [5, 5.41) is 24.8. The van der Waals surface area contributed by atoms with E-state index < -0.39 is 12.1 Å². The molecule has 12 heteroatoms. The summed E-state index contributed by atoms with van der Waals surface area (Å²) in [5.41, 5.74) is 3.13. The van der Waals surface area contributed by atoms with Gasteiger partial charge in [-0.05, 0) is 17.9 Å². The van der Waals surface area contributed by atoms with Crippen LogP contribution in [-0.2, 0) is 17.7 Å². The summed E-state index contributed by atoms with van der Waals surface area (Å²) in [7, 11) is 0. The third kappa shape index (κ3) is 6.10. The van der Waals surface area contributed by atoms with Crippen LogP contribution in [-0.4, -0.2) is 90.7 Å². The van der Waals surface area contributed by atoms with Gasteiger partial charge in [-0.25, -0.2) is 4.79 Å². The fourth-order valence-corrected chi connectivity index (χ4v) is 5.89. The van der Waals surface area contributed by atoms with Crippen molar-refractivity contribution in [1.82, 2.24) is 20.2 Å². The van der Waals surface area contributed by atoms with Crippen molar-refractivity contribution in [3.05, 3.63) is 53.7 Å². The Balaban J connectivity index is 0.00000337. The number of fused-ring (bicyclic) bond motifs is 2. The lowest BCUT2D eigenvalue weighted by Gasteiger charge is -2.41. The molecule has 4 heterocycles. The molecule has 0 aliphatic carbocycles. The smallest absolute Gasteiger partial charge is 0.407 e. The van der Waals surface area contributed by atoms with Crippen molar-refractivity contribution in [2.24, 2.45) is 0 Å². The molecule has 2 atom stereocenters.